The molecule has 3 aromatic carbocycles. The normalized spacial score (nSPS) is 11.7. The lowest BCUT2D eigenvalue weighted by Crippen LogP contribution is -2.12. The molecule has 0 aliphatic rings. The second-order valence-corrected chi connectivity index (χ2v) is 7.12. The van der Waals surface area contributed by atoms with Crippen LogP contribution in [-0.4, -0.2) is 16.2 Å². The van der Waals surface area contributed by atoms with Crippen molar-refractivity contribution < 1.29 is 18.7 Å². The Hall–Kier alpha value is -3.93. The first-order valence-corrected chi connectivity index (χ1v) is 9.97. The Balaban J connectivity index is 1.44. The molecule has 0 spiro atoms. The van der Waals surface area contributed by atoms with Gasteiger partial charge in [-0.3, -0.25) is 0 Å². The third kappa shape index (κ3) is 4.98. The highest BCUT2D eigenvalue weighted by atomic mass is 16.6. The van der Waals surface area contributed by atoms with E-state index in [-0.39, 0.29) is 12.5 Å². The molecule has 1 heterocycles. The lowest BCUT2D eigenvalue weighted by atomic mass is 10.1. The minimum absolute atomic E-state index is 0.238. The summed E-state index contributed by atoms with van der Waals surface area (Å²) in [6, 6.07) is 24.4. The molecule has 4 rings (SSSR count). The summed E-state index contributed by atoms with van der Waals surface area (Å²) in [6.45, 7) is 3.96. The number of ether oxygens (including phenoxy) is 2. The summed E-state index contributed by atoms with van der Waals surface area (Å²) < 4.78 is 17.1. The Morgan fingerprint density at radius 1 is 0.935 bits per heavy atom. The van der Waals surface area contributed by atoms with Gasteiger partial charge in [-0.15, -0.1) is 10.2 Å². The Morgan fingerprint density at radius 3 is 2.42 bits per heavy atom. The maximum atomic E-state index is 12.8. The summed E-state index contributed by atoms with van der Waals surface area (Å²) in [4.78, 5) is 12.8. The average molecular weight is 414 g/mol. The summed E-state index contributed by atoms with van der Waals surface area (Å²) in [6.07, 6.45) is -0.692. The fourth-order valence-electron chi connectivity index (χ4n) is 3.01. The molecule has 0 saturated carbocycles. The molecule has 1 atom stereocenters. The van der Waals surface area contributed by atoms with Gasteiger partial charge in [0.1, 0.15) is 12.4 Å². The van der Waals surface area contributed by atoms with Gasteiger partial charge in [-0.25, -0.2) is 4.79 Å². The highest BCUT2D eigenvalue weighted by molar-refractivity contribution is 5.91. The van der Waals surface area contributed by atoms with Gasteiger partial charge in [0.25, 0.3) is 5.89 Å². The molecule has 0 fully saturated rings. The maximum absolute atomic E-state index is 12.8. The van der Waals surface area contributed by atoms with E-state index in [0.29, 0.717) is 11.5 Å². The first-order chi connectivity index (χ1) is 15.1. The number of carbonyl (C=O) groups excluding carboxylic acids is 1. The Kier molecular flexibility index (Phi) is 6.08. The number of aromatic nitrogens is 2. The fraction of sp³-hybridized carbons (Fsp3) is 0.160. The van der Waals surface area contributed by atoms with Gasteiger partial charge in [-0.2, -0.15) is 0 Å². The van der Waals surface area contributed by atoms with Crippen LogP contribution in [0.15, 0.2) is 83.3 Å². The van der Waals surface area contributed by atoms with Crippen molar-refractivity contribution in [2.24, 2.45) is 0 Å². The first kappa shape index (κ1) is 20.3. The summed E-state index contributed by atoms with van der Waals surface area (Å²) in [7, 11) is 0. The zero-order chi connectivity index (χ0) is 21.6. The van der Waals surface area contributed by atoms with Crippen LogP contribution in [0.4, 0.5) is 0 Å². The molecule has 1 unspecified atom stereocenters. The van der Waals surface area contributed by atoms with E-state index in [4.69, 9.17) is 13.9 Å². The Bertz CT molecular complexity index is 1150. The zero-order valence-corrected chi connectivity index (χ0v) is 17.3. The molecule has 0 N–H and O–H groups in total. The van der Waals surface area contributed by atoms with E-state index in [9.17, 15) is 4.79 Å². The monoisotopic (exact) mass is 414 g/mol. The number of carbonyl (C=O) groups is 1. The number of nitrogens with zero attached hydrogens (tertiary/aromatic N) is 2. The summed E-state index contributed by atoms with van der Waals surface area (Å²) in [5, 5.41) is 8.11. The molecule has 156 valence electrons. The number of aryl methyl sites for hydroxylation is 1. The van der Waals surface area contributed by atoms with Crippen molar-refractivity contribution in [3.8, 4) is 17.2 Å². The van der Waals surface area contributed by atoms with Crippen LogP contribution in [0.25, 0.3) is 11.5 Å². The molecule has 31 heavy (non-hydrogen) atoms. The topological polar surface area (TPSA) is 74.5 Å². The number of hydrogen-bond acceptors (Lipinski definition) is 6. The third-order valence-electron chi connectivity index (χ3n) is 4.75. The highest BCUT2D eigenvalue weighted by Crippen LogP contribution is 2.24. The predicted molar refractivity (Wildman–Crippen MR) is 116 cm³/mol. The molecule has 0 saturated heterocycles. The largest absolute Gasteiger partial charge is 0.489 e. The smallest absolute Gasteiger partial charge is 0.339 e. The quantitative estimate of drug-likeness (QED) is 0.370. The number of benzene rings is 3. The molecule has 6 nitrogen and oxygen atoms in total. The SMILES string of the molecule is Cc1ccc(-c2nnc(C(C)OC(=O)c3ccccc3COc3ccccc3)o2)cc1. The minimum atomic E-state index is -0.692. The van der Waals surface area contributed by atoms with Crippen LogP contribution in [0, 0.1) is 6.92 Å². The van der Waals surface area contributed by atoms with Crippen molar-refractivity contribution in [3.63, 3.8) is 0 Å². The molecule has 6 heteroatoms. The van der Waals surface area contributed by atoms with Crippen molar-refractivity contribution in [2.75, 3.05) is 0 Å². The molecule has 0 amide bonds. The van der Waals surface area contributed by atoms with Gasteiger partial charge in [0.05, 0.1) is 5.56 Å². The molecule has 1 aromatic heterocycles. The van der Waals surface area contributed by atoms with Crippen molar-refractivity contribution in [3.05, 3.63) is 101 Å². The molecule has 0 aliphatic carbocycles. The zero-order valence-electron chi connectivity index (χ0n) is 17.3. The van der Waals surface area contributed by atoms with E-state index in [0.717, 1.165) is 22.4 Å². The van der Waals surface area contributed by atoms with Crippen LogP contribution in [0.3, 0.4) is 0 Å². The van der Waals surface area contributed by atoms with E-state index in [2.05, 4.69) is 10.2 Å². The van der Waals surface area contributed by atoms with E-state index >= 15 is 0 Å². The molecular formula is C25H22N2O4. The summed E-state index contributed by atoms with van der Waals surface area (Å²) >= 11 is 0. The van der Waals surface area contributed by atoms with Crippen molar-refractivity contribution in [1.29, 1.82) is 0 Å². The standard InChI is InChI=1S/C25H22N2O4/c1-17-12-14-19(15-13-17)24-27-26-23(31-24)18(2)30-25(28)22-11-7-6-8-20(22)16-29-21-9-4-3-5-10-21/h3-15,18H,16H2,1-2H3. The van der Waals surface area contributed by atoms with E-state index in [1.54, 1.807) is 19.1 Å². The summed E-state index contributed by atoms with van der Waals surface area (Å²) in [5.74, 6) is 0.875. The van der Waals surface area contributed by atoms with Crippen LogP contribution in [-0.2, 0) is 11.3 Å². The Morgan fingerprint density at radius 2 is 1.65 bits per heavy atom. The van der Waals surface area contributed by atoms with Crippen molar-refractivity contribution >= 4 is 5.97 Å². The van der Waals surface area contributed by atoms with Crippen LogP contribution < -0.4 is 4.74 Å². The van der Waals surface area contributed by atoms with Gasteiger partial charge in [0.15, 0.2) is 6.10 Å². The lowest BCUT2D eigenvalue weighted by molar-refractivity contribution is 0.0277. The third-order valence-corrected chi connectivity index (χ3v) is 4.75. The predicted octanol–water partition coefficient (Wildman–Crippen LogP) is 5.54. The maximum Gasteiger partial charge on any atom is 0.339 e. The number of para-hydroxylation sites is 1. The van der Waals surface area contributed by atoms with Gasteiger partial charge in [0, 0.05) is 11.1 Å². The van der Waals surface area contributed by atoms with Crippen molar-refractivity contribution in [1.82, 2.24) is 10.2 Å². The first-order valence-electron chi connectivity index (χ1n) is 9.97. The summed E-state index contributed by atoms with van der Waals surface area (Å²) in [5.41, 5.74) is 3.12. The van der Waals surface area contributed by atoms with Crippen molar-refractivity contribution in [2.45, 2.75) is 26.6 Å². The lowest BCUT2D eigenvalue weighted by Gasteiger charge is -2.13. The average Bonchev–Trinajstić information content (AvgIpc) is 3.29. The number of hydrogen-bond donors (Lipinski definition) is 0. The van der Waals surface area contributed by atoms with Gasteiger partial charge >= 0.3 is 5.97 Å². The second-order valence-electron chi connectivity index (χ2n) is 7.12. The minimum Gasteiger partial charge on any atom is -0.489 e. The highest BCUT2D eigenvalue weighted by Gasteiger charge is 2.21. The van der Waals surface area contributed by atoms with Gasteiger partial charge < -0.3 is 13.9 Å². The molecule has 0 aliphatic heterocycles. The van der Waals surface area contributed by atoms with Crippen LogP contribution >= 0.6 is 0 Å². The van der Waals surface area contributed by atoms with Crippen LogP contribution in [0.2, 0.25) is 0 Å². The molecular weight excluding hydrogens is 392 g/mol. The van der Waals surface area contributed by atoms with Crippen LogP contribution in [0.1, 0.15) is 40.4 Å². The fourth-order valence-corrected chi connectivity index (χ4v) is 3.01. The Labute approximate surface area is 180 Å². The van der Waals surface area contributed by atoms with E-state index < -0.39 is 12.1 Å². The van der Waals surface area contributed by atoms with Crippen LogP contribution in [0.5, 0.6) is 5.75 Å². The van der Waals surface area contributed by atoms with Gasteiger partial charge in [-0.1, -0.05) is 54.1 Å². The second kappa shape index (κ2) is 9.26. The number of esters is 1. The number of rotatable bonds is 7. The molecule has 0 radical (unpaired) electrons. The van der Waals surface area contributed by atoms with E-state index in [1.165, 1.54) is 0 Å². The molecule has 0 bridgehead atoms. The van der Waals surface area contributed by atoms with Gasteiger partial charge in [-0.05, 0) is 44.2 Å². The van der Waals surface area contributed by atoms with E-state index in [1.807, 2.05) is 73.7 Å². The van der Waals surface area contributed by atoms with Gasteiger partial charge in [0.2, 0.25) is 5.89 Å². The molecule has 4 aromatic rings.